The summed E-state index contributed by atoms with van der Waals surface area (Å²) >= 11 is 0. The molecule has 2 saturated heterocycles. The van der Waals surface area contributed by atoms with Gasteiger partial charge in [0.25, 0.3) is 0 Å². The van der Waals surface area contributed by atoms with Gasteiger partial charge in [-0.2, -0.15) is 0 Å². The van der Waals surface area contributed by atoms with E-state index in [2.05, 4.69) is 5.32 Å². The van der Waals surface area contributed by atoms with Crippen LogP contribution in [0.2, 0.25) is 0 Å². The molecule has 0 amide bonds. The molecule has 16 heavy (non-hydrogen) atoms. The molecule has 2 unspecified atom stereocenters. The summed E-state index contributed by atoms with van der Waals surface area (Å²) in [5, 5.41) is 3.33. The number of hydrogen-bond donors (Lipinski definition) is 1. The standard InChI is InChI=1S/C13H21NO2/c15-13(9-3-5-14-6-4-9)12-10-1-2-11(12)8-16-7-10/h9-12,14H,1-8H2. The highest BCUT2D eigenvalue weighted by atomic mass is 16.5. The third kappa shape index (κ3) is 1.80. The molecule has 0 aromatic heterocycles. The highest BCUT2D eigenvalue weighted by Crippen LogP contribution is 2.43. The highest BCUT2D eigenvalue weighted by molar-refractivity contribution is 5.84. The number of nitrogens with one attached hydrogen (secondary N) is 1. The van der Waals surface area contributed by atoms with Gasteiger partial charge < -0.3 is 10.1 Å². The van der Waals surface area contributed by atoms with E-state index < -0.39 is 0 Å². The van der Waals surface area contributed by atoms with Gasteiger partial charge in [-0.25, -0.2) is 0 Å². The van der Waals surface area contributed by atoms with Gasteiger partial charge in [-0.3, -0.25) is 4.79 Å². The van der Waals surface area contributed by atoms with Crippen LogP contribution in [0.5, 0.6) is 0 Å². The van der Waals surface area contributed by atoms with Gasteiger partial charge in [0.2, 0.25) is 0 Å². The van der Waals surface area contributed by atoms with Crippen molar-refractivity contribution in [3.8, 4) is 0 Å². The van der Waals surface area contributed by atoms with Crippen LogP contribution in [0.25, 0.3) is 0 Å². The van der Waals surface area contributed by atoms with Crippen LogP contribution in [0.4, 0.5) is 0 Å². The molecule has 90 valence electrons. The zero-order valence-electron chi connectivity index (χ0n) is 9.78. The number of carbonyl (C=O) groups excluding carboxylic acids is 1. The molecule has 3 rings (SSSR count). The maximum absolute atomic E-state index is 12.5. The lowest BCUT2D eigenvalue weighted by atomic mass is 9.77. The van der Waals surface area contributed by atoms with Crippen molar-refractivity contribution in [2.75, 3.05) is 26.3 Å². The minimum absolute atomic E-state index is 0.340. The van der Waals surface area contributed by atoms with Crippen molar-refractivity contribution in [2.24, 2.45) is 23.7 Å². The fourth-order valence-electron chi connectivity index (χ4n) is 3.76. The Morgan fingerprint density at radius 2 is 1.62 bits per heavy atom. The number of hydrogen-bond acceptors (Lipinski definition) is 3. The molecule has 3 nitrogen and oxygen atoms in total. The Bertz CT molecular complexity index is 257. The third-order valence-corrected chi connectivity index (χ3v) is 4.66. The zero-order valence-corrected chi connectivity index (χ0v) is 9.78. The summed E-state index contributed by atoms with van der Waals surface area (Å²) in [4.78, 5) is 12.5. The van der Waals surface area contributed by atoms with Crippen molar-refractivity contribution in [1.82, 2.24) is 5.32 Å². The molecule has 2 aliphatic heterocycles. The van der Waals surface area contributed by atoms with Crippen LogP contribution in [-0.2, 0) is 9.53 Å². The van der Waals surface area contributed by atoms with Crippen LogP contribution in [0, 0.1) is 23.7 Å². The second-order valence-electron chi connectivity index (χ2n) is 5.59. The van der Waals surface area contributed by atoms with Crippen LogP contribution in [0.1, 0.15) is 25.7 Å². The van der Waals surface area contributed by atoms with Crippen LogP contribution >= 0.6 is 0 Å². The Morgan fingerprint density at radius 1 is 1.00 bits per heavy atom. The average Bonchev–Trinajstić information content (AvgIpc) is 2.59. The molecule has 2 atom stereocenters. The van der Waals surface area contributed by atoms with Gasteiger partial charge >= 0.3 is 0 Å². The summed E-state index contributed by atoms with van der Waals surface area (Å²) in [6.45, 7) is 3.71. The summed E-state index contributed by atoms with van der Waals surface area (Å²) in [7, 11) is 0. The Hall–Kier alpha value is -0.410. The van der Waals surface area contributed by atoms with Crippen molar-refractivity contribution in [3.05, 3.63) is 0 Å². The second-order valence-corrected chi connectivity index (χ2v) is 5.59. The zero-order chi connectivity index (χ0) is 11.0. The fraction of sp³-hybridized carbons (Fsp3) is 0.923. The SMILES string of the molecule is O=C(C1CCNCC1)C1C2CCC1COC2. The van der Waals surface area contributed by atoms with E-state index in [9.17, 15) is 4.79 Å². The van der Waals surface area contributed by atoms with E-state index in [1.165, 1.54) is 12.8 Å². The van der Waals surface area contributed by atoms with Crippen molar-refractivity contribution < 1.29 is 9.53 Å². The molecule has 0 aromatic carbocycles. The summed E-state index contributed by atoms with van der Waals surface area (Å²) < 4.78 is 5.56. The smallest absolute Gasteiger partial charge is 0.139 e. The second kappa shape index (κ2) is 4.46. The first-order valence-electron chi connectivity index (χ1n) is 6.68. The van der Waals surface area contributed by atoms with E-state index in [0.29, 0.717) is 29.5 Å². The number of ether oxygens (including phenoxy) is 1. The van der Waals surface area contributed by atoms with E-state index in [1.54, 1.807) is 0 Å². The Morgan fingerprint density at radius 3 is 2.25 bits per heavy atom. The molecule has 1 N–H and O–H groups in total. The largest absolute Gasteiger partial charge is 0.381 e. The van der Waals surface area contributed by atoms with Gasteiger partial charge in [0.15, 0.2) is 0 Å². The molecule has 0 spiro atoms. The lowest BCUT2D eigenvalue weighted by Crippen LogP contribution is -2.41. The fourth-order valence-corrected chi connectivity index (χ4v) is 3.76. The average molecular weight is 223 g/mol. The number of piperidine rings is 1. The summed E-state index contributed by atoms with van der Waals surface area (Å²) in [5.41, 5.74) is 0. The molecule has 1 saturated carbocycles. The molecule has 2 bridgehead atoms. The van der Waals surface area contributed by atoms with Gasteiger partial charge in [0.05, 0.1) is 13.2 Å². The highest BCUT2D eigenvalue weighted by Gasteiger charge is 2.45. The normalized spacial score (nSPS) is 39.9. The molecule has 1 aliphatic carbocycles. The molecular weight excluding hydrogens is 202 g/mol. The molecule has 0 aromatic rings. The first-order chi connectivity index (χ1) is 7.86. The van der Waals surface area contributed by atoms with Gasteiger partial charge in [0, 0.05) is 11.8 Å². The van der Waals surface area contributed by atoms with Crippen molar-refractivity contribution in [1.29, 1.82) is 0 Å². The van der Waals surface area contributed by atoms with E-state index in [-0.39, 0.29) is 0 Å². The predicted molar refractivity (Wildman–Crippen MR) is 61.1 cm³/mol. The lowest BCUT2D eigenvalue weighted by molar-refractivity contribution is -0.134. The number of rotatable bonds is 2. The number of Topliss-reactive ketones (excluding diaryl/α,β-unsaturated/α-hetero) is 1. The van der Waals surface area contributed by atoms with Crippen molar-refractivity contribution >= 4 is 5.78 Å². The Kier molecular flexibility index (Phi) is 2.99. The van der Waals surface area contributed by atoms with Crippen molar-refractivity contribution in [3.63, 3.8) is 0 Å². The maximum atomic E-state index is 12.5. The molecule has 3 aliphatic rings. The Labute approximate surface area is 96.9 Å². The van der Waals surface area contributed by atoms with E-state index in [1.807, 2.05) is 0 Å². The number of ketones is 1. The summed E-state index contributed by atoms with van der Waals surface area (Å²) in [6.07, 6.45) is 4.53. The van der Waals surface area contributed by atoms with Gasteiger partial charge in [-0.1, -0.05) is 0 Å². The third-order valence-electron chi connectivity index (χ3n) is 4.66. The molecule has 3 heteroatoms. The van der Waals surface area contributed by atoms with Gasteiger partial charge in [0.1, 0.15) is 5.78 Å². The molecule has 2 heterocycles. The Balaban J connectivity index is 1.69. The van der Waals surface area contributed by atoms with E-state index in [0.717, 1.165) is 39.1 Å². The van der Waals surface area contributed by atoms with Crippen LogP contribution in [0.3, 0.4) is 0 Å². The number of fused-ring (bicyclic) bond motifs is 2. The van der Waals surface area contributed by atoms with Gasteiger partial charge in [-0.05, 0) is 50.6 Å². The first kappa shape index (κ1) is 10.7. The van der Waals surface area contributed by atoms with E-state index >= 15 is 0 Å². The van der Waals surface area contributed by atoms with Crippen LogP contribution in [0.15, 0.2) is 0 Å². The summed E-state index contributed by atoms with van der Waals surface area (Å²) in [6, 6.07) is 0. The molecule has 3 fully saturated rings. The first-order valence-corrected chi connectivity index (χ1v) is 6.68. The summed E-state index contributed by atoms with van der Waals surface area (Å²) in [5.74, 6) is 2.34. The monoisotopic (exact) mass is 223 g/mol. The van der Waals surface area contributed by atoms with Gasteiger partial charge in [-0.15, -0.1) is 0 Å². The van der Waals surface area contributed by atoms with Crippen LogP contribution in [-0.4, -0.2) is 32.1 Å². The lowest BCUT2D eigenvalue weighted by Gasteiger charge is -2.33. The van der Waals surface area contributed by atoms with Crippen molar-refractivity contribution in [2.45, 2.75) is 25.7 Å². The molecular formula is C13H21NO2. The van der Waals surface area contributed by atoms with E-state index in [4.69, 9.17) is 4.74 Å². The quantitative estimate of drug-likeness (QED) is 0.765. The van der Waals surface area contributed by atoms with Crippen LogP contribution < -0.4 is 5.32 Å². The molecule has 0 radical (unpaired) electrons. The minimum Gasteiger partial charge on any atom is -0.381 e. The number of carbonyl (C=O) groups is 1. The minimum atomic E-state index is 0.340. The predicted octanol–water partition coefficient (Wildman–Crippen LogP) is 1.23. The topological polar surface area (TPSA) is 38.3 Å². The maximum Gasteiger partial charge on any atom is 0.139 e.